The third-order valence-corrected chi connectivity index (χ3v) is 6.23. The number of likely N-dealkylation sites (N-methyl/N-ethyl adjacent to an activating group) is 1. The zero-order valence-electron chi connectivity index (χ0n) is 18.4. The van der Waals surface area contributed by atoms with Crippen molar-refractivity contribution in [2.75, 3.05) is 47.2 Å². The van der Waals surface area contributed by atoms with Crippen molar-refractivity contribution in [2.24, 2.45) is 0 Å². The SMILES string of the molecule is CCOC(=O)OC1=C(c2c(C)cc(Cl)cc2C)COCN(C)C12CCN(OC)CC2. The molecule has 0 unspecified atom stereocenters. The van der Waals surface area contributed by atoms with Crippen LogP contribution < -0.4 is 0 Å². The first-order valence-corrected chi connectivity index (χ1v) is 10.6. The fraction of sp³-hybridized carbons (Fsp3) is 0.591. The molecular weight excluding hydrogens is 408 g/mol. The number of piperidine rings is 1. The van der Waals surface area contributed by atoms with Crippen LogP contribution in [-0.4, -0.2) is 68.8 Å². The summed E-state index contributed by atoms with van der Waals surface area (Å²) >= 11 is 6.27. The molecule has 166 valence electrons. The van der Waals surface area contributed by atoms with Crippen molar-refractivity contribution in [3.05, 3.63) is 39.6 Å². The highest BCUT2D eigenvalue weighted by Gasteiger charge is 2.47. The Hall–Kier alpha value is -1.64. The highest BCUT2D eigenvalue weighted by atomic mass is 35.5. The van der Waals surface area contributed by atoms with E-state index in [0.717, 1.165) is 35.1 Å². The lowest BCUT2D eigenvalue weighted by atomic mass is 9.80. The summed E-state index contributed by atoms with van der Waals surface area (Å²) in [4.78, 5) is 20.0. The van der Waals surface area contributed by atoms with E-state index in [-0.39, 0.29) is 6.61 Å². The fourth-order valence-corrected chi connectivity index (χ4v) is 4.86. The van der Waals surface area contributed by atoms with Crippen LogP contribution in [0.2, 0.25) is 5.02 Å². The van der Waals surface area contributed by atoms with Crippen LogP contribution in [0.3, 0.4) is 0 Å². The average Bonchev–Trinajstić information content (AvgIpc) is 2.81. The highest BCUT2D eigenvalue weighted by molar-refractivity contribution is 6.30. The number of benzene rings is 1. The molecule has 30 heavy (non-hydrogen) atoms. The van der Waals surface area contributed by atoms with E-state index in [9.17, 15) is 4.79 Å². The Morgan fingerprint density at radius 2 is 1.87 bits per heavy atom. The maximum absolute atomic E-state index is 12.5. The van der Waals surface area contributed by atoms with Gasteiger partial charge in [-0.1, -0.05) is 11.6 Å². The van der Waals surface area contributed by atoms with Gasteiger partial charge in [-0.3, -0.25) is 4.90 Å². The summed E-state index contributed by atoms with van der Waals surface area (Å²) in [6.07, 6.45) is 0.757. The first-order chi connectivity index (χ1) is 14.3. The molecule has 0 radical (unpaired) electrons. The number of hydrogen-bond donors (Lipinski definition) is 0. The first kappa shape index (κ1) is 23.0. The summed E-state index contributed by atoms with van der Waals surface area (Å²) in [6, 6.07) is 3.85. The molecule has 2 aliphatic rings. The molecule has 0 amide bonds. The predicted octanol–water partition coefficient (Wildman–Crippen LogP) is 4.16. The number of hydroxylamine groups is 2. The minimum absolute atomic E-state index is 0.247. The third-order valence-electron chi connectivity index (χ3n) is 6.01. The van der Waals surface area contributed by atoms with Crippen molar-refractivity contribution < 1.29 is 23.8 Å². The van der Waals surface area contributed by atoms with E-state index < -0.39 is 11.7 Å². The molecular formula is C22H31ClN2O5. The Morgan fingerprint density at radius 1 is 1.23 bits per heavy atom. The predicted molar refractivity (Wildman–Crippen MR) is 115 cm³/mol. The smallest absolute Gasteiger partial charge is 0.434 e. The second kappa shape index (κ2) is 9.66. The van der Waals surface area contributed by atoms with Gasteiger partial charge in [0.15, 0.2) is 0 Å². The van der Waals surface area contributed by atoms with E-state index in [1.54, 1.807) is 14.0 Å². The molecule has 0 N–H and O–H groups in total. The molecule has 8 heteroatoms. The molecule has 2 aliphatic heterocycles. The molecule has 1 aromatic rings. The second-order valence-electron chi connectivity index (χ2n) is 7.83. The number of hydrogen-bond acceptors (Lipinski definition) is 7. The minimum atomic E-state index is -0.696. The zero-order valence-corrected chi connectivity index (χ0v) is 19.2. The molecule has 0 bridgehead atoms. The van der Waals surface area contributed by atoms with Crippen molar-refractivity contribution in [1.29, 1.82) is 0 Å². The van der Waals surface area contributed by atoms with Crippen LogP contribution in [0.25, 0.3) is 5.57 Å². The first-order valence-electron chi connectivity index (χ1n) is 10.3. The van der Waals surface area contributed by atoms with Gasteiger partial charge >= 0.3 is 6.16 Å². The van der Waals surface area contributed by atoms with Gasteiger partial charge in [0.1, 0.15) is 12.5 Å². The van der Waals surface area contributed by atoms with Crippen molar-refractivity contribution in [3.8, 4) is 0 Å². The Morgan fingerprint density at radius 3 is 2.43 bits per heavy atom. The molecule has 0 aromatic heterocycles. The van der Waals surface area contributed by atoms with Crippen LogP contribution in [0.4, 0.5) is 4.79 Å². The lowest BCUT2D eigenvalue weighted by Crippen LogP contribution is -2.55. The van der Waals surface area contributed by atoms with Crippen molar-refractivity contribution in [1.82, 2.24) is 9.96 Å². The monoisotopic (exact) mass is 438 g/mol. The van der Waals surface area contributed by atoms with Gasteiger partial charge in [0.05, 0.1) is 25.9 Å². The number of rotatable bonds is 4. The summed E-state index contributed by atoms with van der Waals surface area (Å²) in [5.74, 6) is 0.602. The van der Waals surface area contributed by atoms with Gasteiger partial charge < -0.3 is 19.0 Å². The Labute approximate surface area is 183 Å². The number of ether oxygens (including phenoxy) is 3. The van der Waals surface area contributed by atoms with Crippen LogP contribution in [0.1, 0.15) is 36.5 Å². The van der Waals surface area contributed by atoms with E-state index in [0.29, 0.717) is 37.2 Å². The molecule has 1 saturated heterocycles. The quantitative estimate of drug-likeness (QED) is 0.654. The molecule has 1 fully saturated rings. The lowest BCUT2D eigenvalue weighted by Gasteiger charge is -2.46. The van der Waals surface area contributed by atoms with Crippen LogP contribution in [0.15, 0.2) is 17.9 Å². The summed E-state index contributed by atoms with van der Waals surface area (Å²) in [5, 5.41) is 2.60. The lowest BCUT2D eigenvalue weighted by molar-refractivity contribution is -0.164. The summed E-state index contributed by atoms with van der Waals surface area (Å²) in [5.41, 5.74) is 3.38. The summed E-state index contributed by atoms with van der Waals surface area (Å²) < 4.78 is 17.1. The second-order valence-corrected chi connectivity index (χ2v) is 8.26. The standard InChI is InChI=1S/C22H31ClN2O5/c1-6-29-21(26)30-20-18(19-15(2)11-17(23)12-16(19)3)13-28-14-24(4)22(20)7-9-25(27-5)10-8-22/h11-12H,6-10,13-14H2,1-5H3. The largest absolute Gasteiger partial charge is 0.513 e. The molecule has 2 heterocycles. The van der Waals surface area contributed by atoms with Crippen LogP contribution in [-0.2, 0) is 19.0 Å². The van der Waals surface area contributed by atoms with Gasteiger partial charge in [0.2, 0.25) is 0 Å². The number of carbonyl (C=O) groups excluding carboxylic acids is 1. The van der Waals surface area contributed by atoms with E-state index in [2.05, 4.69) is 4.90 Å². The molecule has 0 aliphatic carbocycles. The van der Waals surface area contributed by atoms with Crippen LogP contribution in [0, 0.1) is 13.8 Å². The van der Waals surface area contributed by atoms with Crippen molar-refractivity contribution >= 4 is 23.3 Å². The molecule has 1 spiro atoms. The van der Waals surface area contributed by atoms with Gasteiger partial charge in [0.25, 0.3) is 0 Å². The maximum Gasteiger partial charge on any atom is 0.513 e. The summed E-state index contributed by atoms with van der Waals surface area (Å²) in [6.45, 7) is 8.22. The van der Waals surface area contributed by atoms with E-state index in [4.69, 9.17) is 30.6 Å². The third kappa shape index (κ3) is 4.50. The fourth-order valence-electron chi connectivity index (χ4n) is 4.54. The highest BCUT2D eigenvalue weighted by Crippen LogP contribution is 2.43. The Bertz CT molecular complexity index is 795. The van der Waals surface area contributed by atoms with E-state index >= 15 is 0 Å². The van der Waals surface area contributed by atoms with E-state index in [1.165, 1.54) is 0 Å². The van der Waals surface area contributed by atoms with Crippen molar-refractivity contribution in [3.63, 3.8) is 0 Å². The average molecular weight is 439 g/mol. The number of nitrogens with zero attached hydrogens (tertiary/aromatic N) is 2. The normalized spacial score (nSPS) is 20.3. The minimum Gasteiger partial charge on any atom is -0.434 e. The van der Waals surface area contributed by atoms with E-state index in [1.807, 2.05) is 38.1 Å². The number of carbonyl (C=O) groups is 1. The Kier molecular flexibility index (Phi) is 7.42. The molecule has 0 atom stereocenters. The van der Waals surface area contributed by atoms with Gasteiger partial charge in [-0.05, 0) is 69.5 Å². The Balaban J connectivity index is 2.19. The molecule has 7 nitrogen and oxygen atoms in total. The number of halogens is 1. The van der Waals surface area contributed by atoms with Gasteiger partial charge in [-0.15, -0.1) is 0 Å². The van der Waals surface area contributed by atoms with Crippen LogP contribution >= 0.6 is 11.6 Å². The summed E-state index contributed by atoms with van der Waals surface area (Å²) in [7, 11) is 3.68. The molecule has 3 rings (SSSR count). The molecule has 1 aromatic carbocycles. The van der Waals surface area contributed by atoms with Gasteiger partial charge in [0, 0.05) is 23.7 Å². The molecule has 0 saturated carbocycles. The van der Waals surface area contributed by atoms with Gasteiger partial charge in [-0.25, -0.2) is 4.79 Å². The van der Waals surface area contributed by atoms with Crippen molar-refractivity contribution in [2.45, 2.75) is 39.2 Å². The topological polar surface area (TPSA) is 60.5 Å². The number of aryl methyl sites for hydroxylation is 2. The van der Waals surface area contributed by atoms with Crippen LogP contribution in [0.5, 0.6) is 0 Å². The maximum atomic E-state index is 12.5. The van der Waals surface area contributed by atoms with Gasteiger partial charge in [-0.2, -0.15) is 5.06 Å². The zero-order chi connectivity index (χ0) is 21.9.